The summed E-state index contributed by atoms with van der Waals surface area (Å²) in [4.78, 5) is 23.6. The molecular weight excluding hydrogens is 130 g/mol. The highest BCUT2D eigenvalue weighted by atomic mass is 16.1. The van der Waals surface area contributed by atoms with E-state index in [1.807, 2.05) is 0 Å². The molecule has 1 rings (SSSR count). The Morgan fingerprint density at radius 1 is 1.50 bits per heavy atom. The van der Waals surface area contributed by atoms with Crippen molar-refractivity contribution in [2.75, 3.05) is 0 Å². The van der Waals surface area contributed by atoms with Crippen LogP contribution in [0.5, 0.6) is 0 Å². The van der Waals surface area contributed by atoms with E-state index in [0.717, 1.165) is 0 Å². The van der Waals surface area contributed by atoms with Crippen molar-refractivity contribution < 1.29 is 4.79 Å². The fourth-order valence-corrected chi connectivity index (χ4v) is 0.653. The Morgan fingerprint density at radius 3 is 2.60 bits per heavy atom. The van der Waals surface area contributed by atoms with Crippen LogP contribution in [0.1, 0.15) is 17.4 Å². The second kappa shape index (κ2) is 2.47. The molecule has 0 radical (unpaired) electrons. The van der Waals surface area contributed by atoms with Crippen molar-refractivity contribution in [2.45, 2.75) is 6.92 Å². The first-order chi connectivity index (χ1) is 4.70. The minimum absolute atomic E-state index is 0.127. The van der Waals surface area contributed by atoms with Gasteiger partial charge in [0.15, 0.2) is 5.78 Å². The number of rotatable bonds is 1. The Bertz CT molecular complexity index is 300. The van der Waals surface area contributed by atoms with E-state index in [1.165, 1.54) is 13.0 Å². The molecule has 0 aliphatic carbocycles. The van der Waals surface area contributed by atoms with Crippen LogP contribution in [0, 0.1) is 0 Å². The van der Waals surface area contributed by atoms with Gasteiger partial charge in [0.05, 0.1) is 5.69 Å². The van der Waals surface area contributed by atoms with Gasteiger partial charge < -0.3 is 4.98 Å². The van der Waals surface area contributed by atoms with Crippen LogP contribution in [-0.4, -0.2) is 10.8 Å². The second-order valence-electron chi connectivity index (χ2n) is 1.98. The third-order valence-corrected chi connectivity index (χ3v) is 1.15. The molecule has 1 N–H and O–H groups in total. The summed E-state index contributed by atoms with van der Waals surface area (Å²) < 4.78 is 0. The summed E-state index contributed by atoms with van der Waals surface area (Å²) in [6.07, 6.45) is 0. The molecule has 1 aromatic heterocycles. The zero-order chi connectivity index (χ0) is 7.56. The van der Waals surface area contributed by atoms with E-state index < -0.39 is 0 Å². The van der Waals surface area contributed by atoms with Gasteiger partial charge in [-0.05, 0) is 6.07 Å². The van der Waals surface area contributed by atoms with Crippen LogP contribution in [-0.2, 0) is 0 Å². The van der Waals surface area contributed by atoms with Gasteiger partial charge in [-0.15, -0.1) is 0 Å². The molecule has 0 amide bonds. The molecule has 0 saturated carbocycles. The number of ketones is 1. The molecule has 0 bridgehead atoms. The lowest BCUT2D eigenvalue weighted by molar-refractivity contribution is 0.101. The zero-order valence-electron chi connectivity index (χ0n) is 5.55. The Kier molecular flexibility index (Phi) is 1.67. The van der Waals surface area contributed by atoms with Crippen LogP contribution in [0.4, 0.5) is 0 Å². The first kappa shape index (κ1) is 6.74. The van der Waals surface area contributed by atoms with E-state index in [2.05, 4.69) is 4.98 Å². The van der Waals surface area contributed by atoms with Gasteiger partial charge in [-0.1, -0.05) is 6.07 Å². The lowest BCUT2D eigenvalue weighted by atomic mass is 10.3. The number of pyridine rings is 1. The molecule has 0 atom stereocenters. The number of carbonyl (C=O) groups excluding carboxylic acids is 1. The smallest absolute Gasteiger partial charge is 0.248 e. The molecule has 1 heterocycles. The predicted octanol–water partition coefficient (Wildman–Crippen LogP) is 0.578. The van der Waals surface area contributed by atoms with Crippen molar-refractivity contribution >= 4 is 5.78 Å². The molecule has 0 spiro atoms. The van der Waals surface area contributed by atoms with Crippen molar-refractivity contribution in [1.82, 2.24) is 4.98 Å². The molecule has 10 heavy (non-hydrogen) atoms. The normalized spacial score (nSPS) is 9.30. The topological polar surface area (TPSA) is 49.9 Å². The summed E-state index contributed by atoms with van der Waals surface area (Å²) in [7, 11) is 0. The molecule has 0 aromatic carbocycles. The molecule has 0 saturated heterocycles. The number of nitrogens with one attached hydrogen (secondary N) is 1. The van der Waals surface area contributed by atoms with Gasteiger partial charge in [0, 0.05) is 13.0 Å². The Labute approximate surface area is 57.7 Å². The van der Waals surface area contributed by atoms with Crippen molar-refractivity contribution in [1.29, 1.82) is 0 Å². The molecule has 0 aliphatic rings. The maximum atomic E-state index is 10.6. The number of aromatic nitrogens is 1. The van der Waals surface area contributed by atoms with Gasteiger partial charge in [-0.25, -0.2) is 0 Å². The Hall–Kier alpha value is -1.38. The van der Waals surface area contributed by atoms with Crippen LogP contribution >= 0.6 is 0 Å². The van der Waals surface area contributed by atoms with Crippen LogP contribution in [0.2, 0.25) is 0 Å². The fraction of sp³-hybridized carbons (Fsp3) is 0.143. The standard InChI is InChI=1S/C7H7NO2/c1-5(9)6-3-2-4-7(10)8-6/h2-4H,1H3,(H,8,10). The summed E-state index contributed by atoms with van der Waals surface area (Å²) >= 11 is 0. The molecule has 0 unspecified atom stereocenters. The molecule has 0 fully saturated rings. The highest BCUT2D eigenvalue weighted by Crippen LogP contribution is 1.89. The first-order valence-corrected chi connectivity index (χ1v) is 2.90. The van der Waals surface area contributed by atoms with Gasteiger partial charge in [0.25, 0.3) is 0 Å². The minimum atomic E-state index is -0.243. The van der Waals surface area contributed by atoms with Crippen molar-refractivity contribution in [3.63, 3.8) is 0 Å². The van der Waals surface area contributed by atoms with Crippen LogP contribution in [0.25, 0.3) is 0 Å². The summed E-state index contributed by atoms with van der Waals surface area (Å²) in [5, 5.41) is 0. The number of aromatic amines is 1. The Morgan fingerprint density at radius 2 is 2.20 bits per heavy atom. The van der Waals surface area contributed by atoms with E-state index in [9.17, 15) is 9.59 Å². The van der Waals surface area contributed by atoms with E-state index in [-0.39, 0.29) is 11.3 Å². The van der Waals surface area contributed by atoms with Gasteiger partial charge in [0.2, 0.25) is 5.56 Å². The first-order valence-electron chi connectivity index (χ1n) is 2.90. The van der Waals surface area contributed by atoms with Crippen LogP contribution in [0.3, 0.4) is 0 Å². The third-order valence-electron chi connectivity index (χ3n) is 1.15. The van der Waals surface area contributed by atoms with E-state index in [1.54, 1.807) is 12.1 Å². The maximum absolute atomic E-state index is 10.6. The lowest BCUT2D eigenvalue weighted by Gasteiger charge is -1.90. The Balaban J connectivity index is 3.20. The van der Waals surface area contributed by atoms with Crippen molar-refractivity contribution in [3.05, 3.63) is 34.2 Å². The van der Waals surface area contributed by atoms with Gasteiger partial charge in [-0.2, -0.15) is 0 Å². The molecule has 0 aliphatic heterocycles. The zero-order valence-corrected chi connectivity index (χ0v) is 5.55. The maximum Gasteiger partial charge on any atom is 0.248 e. The predicted molar refractivity (Wildman–Crippen MR) is 37.1 cm³/mol. The molecule has 1 aromatic rings. The molecular formula is C7H7NO2. The highest BCUT2D eigenvalue weighted by molar-refractivity contribution is 5.91. The van der Waals surface area contributed by atoms with Crippen molar-refractivity contribution in [3.8, 4) is 0 Å². The molecule has 3 nitrogen and oxygen atoms in total. The van der Waals surface area contributed by atoms with E-state index >= 15 is 0 Å². The lowest BCUT2D eigenvalue weighted by Crippen LogP contribution is -2.08. The van der Waals surface area contributed by atoms with Crippen LogP contribution < -0.4 is 5.56 Å². The number of hydrogen-bond donors (Lipinski definition) is 1. The molecule has 3 heteroatoms. The fourth-order valence-electron chi connectivity index (χ4n) is 0.653. The number of carbonyl (C=O) groups is 1. The van der Waals surface area contributed by atoms with E-state index in [0.29, 0.717) is 5.69 Å². The number of hydrogen-bond acceptors (Lipinski definition) is 2. The SMILES string of the molecule is CC(=O)c1cccc(=O)[nH]1. The van der Waals surface area contributed by atoms with Gasteiger partial charge >= 0.3 is 0 Å². The van der Waals surface area contributed by atoms with E-state index in [4.69, 9.17) is 0 Å². The average Bonchev–Trinajstić information content (AvgIpc) is 1.88. The average molecular weight is 137 g/mol. The van der Waals surface area contributed by atoms with Crippen molar-refractivity contribution in [2.24, 2.45) is 0 Å². The number of Topliss-reactive ketones (excluding diaryl/α,β-unsaturated/α-hetero) is 1. The largest absolute Gasteiger partial charge is 0.319 e. The number of H-pyrrole nitrogens is 1. The monoisotopic (exact) mass is 137 g/mol. The summed E-state index contributed by atoms with van der Waals surface area (Å²) in [5.41, 5.74) is 0.111. The summed E-state index contributed by atoms with van der Waals surface area (Å²) in [5.74, 6) is -0.127. The minimum Gasteiger partial charge on any atom is -0.319 e. The quantitative estimate of drug-likeness (QED) is 0.575. The summed E-state index contributed by atoms with van der Waals surface area (Å²) in [6.45, 7) is 1.41. The third kappa shape index (κ3) is 1.31. The summed E-state index contributed by atoms with van der Waals surface area (Å²) in [6, 6.07) is 4.49. The molecule has 52 valence electrons. The second-order valence-corrected chi connectivity index (χ2v) is 1.98. The van der Waals surface area contributed by atoms with Gasteiger partial charge in [-0.3, -0.25) is 9.59 Å². The van der Waals surface area contributed by atoms with Gasteiger partial charge in [0.1, 0.15) is 0 Å². The highest BCUT2D eigenvalue weighted by Gasteiger charge is 1.96. The van der Waals surface area contributed by atoms with Crippen LogP contribution in [0.15, 0.2) is 23.0 Å².